The van der Waals surface area contributed by atoms with Gasteiger partial charge in [-0.25, -0.2) is 8.42 Å². The zero-order valence-electron chi connectivity index (χ0n) is 8.23. The van der Waals surface area contributed by atoms with E-state index in [1.165, 1.54) is 6.26 Å². The predicted octanol–water partition coefficient (Wildman–Crippen LogP) is 0.732. The first-order valence-corrected chi connectivity index (χ1v) is 6.53. The SMILES string of the molecule is CS(=O)(=O)CCc1cccc(CN)c1. The van der Waals surface area contributed by atoms with E-state index in [1.807, 2.05) is 24.3 Å². The fourth-order valence-corrected chi connectivity index (χ4v) is 1.82. The molecule has 0 radical (unpaired) electrons. The van der Waals surface area contributed by atoms with Crippen molar-refractivity contribution in [1.29, 1.82) is 0 Å². The van der Waals surface area contributed by atoms with Crippen LogP contribution < -0.4 is 5.73 Å². The molecule has 1 aromatic rings. The van der Waals surface area contributed by atoms with Crippen LogP contribution in [0.3, 0.4) is 0 Å². The third-order valence-corrected chi connectivity index (χ3v) is 2.93. The molecule has 78 valence electrons. The Bertz CT molecular complexity index is 398. The van der Waals surface area contributed by atoms with Crippen LogP contribution in [0.5, 0.6) is 0 Å². The molecule has 2 N–H and O–H groups in total. The molecule has 0 aromatic heterocycles. The van der Waals surface area contributed by atoms with Gasteiger partial charge in [-0.2, -0.15) is 0 Å². The first kappa shape index (κ1) is 11.2. The smallest absolute Gasteiger partial charge is 0.147 e. The van der Waals surface area contributed by atoms with Gasteiger partial charge in [0.15, 0.2) is 0 Å². The van der Waals surface area contributed by atoms with Crippen molar-refractivity contribution in [2.24, 2.45) is 5.73 Å². The molecule has 0 bridgehead atoms. The Kier molecular flexibility index (Phi) is 3.66. The van der Waals surface area contributed by atoms with Gasteiger partial charge in [-0.3, -0.25) is 0 Å². The molecule has 0 saturated carbocycles. The van der Waals surface area contributed by atoms with Crippen LogP contribution in [0.1, 0.15) is 11.1 Å². The fourth-order valence-electron chi connectivity index (χ4n) is 1.22. The lowest BCUT2D eigenvalue weighted by atomic mass is 10.1. The highest BCUT2D eigenvalue weighted by atomic mass is 32.2. The van der Waals surface area contributed by atoms with Crippen molar-refractivity contribution in [2.45, 2.75) is 13.0 Å². The van der Waals surface area contributed by atoms with Crippen LogP contribution in [0.4, 0.5) is 0 Å². The van der Waals surface area contributed by atoms with Crippen molar-refractivity contribution < 1.29 is 8.42 Å². The maximum atomic E-state index is 10.9. The summed E-state index contributed by atoms with van der Waals surface area (Å²) >= 11 is 0. The Morgan fingerprint density at radius 2 is 1.93 bits per heavy atom. The van der Waals surface area contributed by atoms with E-state index in [2.05, 4.69) is 0 Å². The van der Waals surface area contributed by atoms with Gasteiger partial charge in [-0.15, -0.1) is 0 Å². The summed E-state index contributed by atoms with van der Waals surface area (Å²) < 4.78 is 21.9. The van der Waals surface area contributed by atoms with Gasteiger partial charge < -0.3 is 5.73 Å². The number of rotatable bonds is 4. The minimum absolute atomic E-state index is 0.195. The molecule has 0 heterocycles. The first-order chi connectivity index (χ1) is 6.51. The van der Waals surface area contributed by atoms with Crippen LogP contribution in [0.15, 0.2) is 24.3 Å². The normalized spacial score (nSPS) is 11.6. The van der Waals surface area contributed by atoms with Gasteiger partial charge in [-0.1, -0.05) is 24.3 Å². The molecular weight excluding hydrogens is 198 g/mol. The second-order valence-corrected chi connectivity index (χ2v) is 5.66. The lowest BCUT2D eigenvalue weighted by molar-refractivity contribution is 0.601. The number of nitrogens with two attached hydrogens (primary N) is 1. The van der Waals surface area contributed by atoms with E-state index in [0.29, 0.717) is 13.0 Å². The Labute approximate surface area is 84.9 Å². The molecule has 0 aliphatic heterocycles. The second kappa shape index (κ2) is 4.57. The summed E-state index contributed by atoms with van der Waals surface area (Å²) in [7, 11) is -2.87. The zero-order chi connectivity index (χ0) is 10.6. The lowest BCUT2D eigenvalue weighted by Crippen LogP contribution is -2.06. The second-order valence-electron chi connectivity index (χ2n) is 3.40. The number of sulfone groups is 1. The maximum absolute atomic E-state index is 10.9. The fraction of sp³-hybridized carbons (Fsp3) is 0.400. The molecule has 14 heavy (non-hydrogen) atoms. The molecular formula is C10H15NO2S. The van der Waals surface area contributed by atoms with E-state index in [9.17, 15) is 8.42 Å². The van der Waals surface area contributed by atoms with Crippen molar-refractivity contribution in [1.82, 2.24) is 0 Å². The van der Waals surface area contributed by atoms with E-state index in [0.717, 1.165) is 11.1 Å². The molecule has 0 aliphatic rings. The quantitative estimate of drug-likeness (QED) is 0.802. The molecule has 4 heteroatoms. The van der Waals surface area contributed by atoms with Crippen LogP contribution >= 0.6 is 0 Å². The highest BCUT2D eigenvalue weighted by Gasteiger charge is 2.02. The Balaban J connectivity index is 2.68. The third kappa shape index (κ3) is 3.89. The molecule has 0 fully saturated rings. The number of hydrogen-bond donors (Lipinski definition) is 1. The van der Waals surface area contributed by atoms with E-state index < -0.39 is 9.84 Å². The number of benzene rings is 1. The van der Waals surface area contributed by atoms with Crippen LogP contribution in [0.2, 0.25) is 0 Å². The summed E-state index contributed by atoms with van der Waals surface area (Å²) in [4.78, 5) is 0. The summed E-state index contributed by atoms with van der Waals surface area (Å²) in [5.74, 6) is 0.195. The molecule has 0 amide bonds. The van der Waals surface area contributed by atoms with Gasteiger partial charge in [-0.05, 0) is 17.5 Å². The summed E-state index contributed by atoms with van der Waals surface area (Å²) in [6, 6.07) is 7.71. The number of aryl methyl sites for hydroxylation is 1. The van der Waals surface area contributed by atoms with Crippen LogP contribution in [-0.2, 0) is 22.8 Å². The van der Waals surface area contributed by atoms with Crippen molar-refractivity contribution in [2.75, 3.05) is 12.0 Å². The summed E-state index contributed by atoms with van der Waals surface area (Å²) in [6.07, 6.45) is 1.81. The van der Waals surface area contributed by atoms with E-state index >= 15 is 0 Å². The monoisotopic (exact) mass is 213 g/mol. The average Bonchev–Trinajstić information content (AvgIpc) is 2.14. The van der Waals surface area contributed by atoms with Crippen molar-refractivity contribution in [3.05, 3.63) is 35.4 Å². The summed E-state index contributed by atoms with van der Waals surface area (Å²) in [5, 5.41) is 0. The molecule has 0 saturated heterocycles. The van der Waals surface area contributed by atoms with Gasteiger partial charge in [0.25, 0.3) is 0 Å². The maximum Gasteiger partial charge on any atom is 0.147 e. The standard InChI is InChI=1S/C10H15NO2S/c1-14(12,13)6-5-9-3-2-4-10(7-9)8-11/h2-4,7H,5-6,8,11H2,1H3. The highest BCUT2D eigenvalue weighted by molar-refractivity contribution is 7.90. The van der Waals surface area contributed by atoms with Crippen molar-refractivity contribution in [3.63, 3.8) is 0 Å². The predicted molar refractivity (Wildman–Crippen MR) is 57.7 cm³/mol. The van der Waals surface area contributed by atoms with E-state index in [1.54, 1.807) is 0 Å². The van der Waals surface area contributed by atoms with Crippen molar-refractivity contribution >= 4 is 9.84 Å². The van der Waals surface area contributed by atoms with Gasteiger partial charge in [0.2, 0.25) is 0 Å². The molecule has 1 rings (SSSR count). The Hall–Kier alpha value is -0.870. The molecule has 0 atom stereocenters. The summed E-state index contributed by atoms with van der Waals surface area (Å²) in [5.41, 5.74) is 7.55. The van der Waals surface area contributed by atoms with Crippen LogP contribution in [0.25, 0.3) is 0 Å². The van der Waals surface area contributed by atoms with Gasteiger partial charge >= 0.3 is 0 Å². The van der Waals surface area contributed by atoms with Crippen LogP contribution in [-0.4, -0.2) is 20.4 Å². The van der Waals surface area contributed by atoms with Gasteiger partial charge in [0.05, 0.1) is 5.75 Å². The van der Waals surface area contributed by atoms with Crippen LogP contribution in [0, 0.1) is 0 Å². The molecule has 0 aliphatic carbocycles. The Morgan fingerprint density at radius 3 is 2.50 bits per heavy atom. The summed E-state index contributed by atoms with van der Waals surface area (Å²) in [6.45, 7) is 0.493. The lowest BCUT2D eigenvalue weighted by Gasteiger charge is -2.02. The molecule has 0 spiro atoms. The first-order valence-electron chi connectivity index (χ1n) is 4.47. The van der Waals surface area contributed by atoms with Crippen molar-refractivity contribution in [3.8, 4) is 0 Å². The third-order valence-electron chi connectivity index (χ3n) is 1.99. The van der Waals surface area contributed by atoms with E-state index in [4.69, 9.17) is 5.73 Å². The highest BCUT2D eigenvalue weighted by Crippen LogP contribution is 2.06. The molecule has 1 aromatic carbocycles. The minimum Gasteiger partial charge on any atom is -0.326 e. The number of hydrogen-bond acceptors (Lipinski definition) is 3. The van der Waals surface area contributed by atoms with Gasteiger partial charge in [0, 0.05) is 12.8 Å². The average molecular weight is 213 g/mol. The van der Waals surface area contributed by atoms with E-state index in [-0.39, 0.29) is 5.75 Å². The largest absolute Gasteiger partial charge is 0.326 e. The van der Waals surface area contributed by atoms with Gasteiger partial charge in [0.1, 0.15) is 9.84 Å². The Morgan fingerprint density at radius 1 is 1.29 bits per heavy atom. The molecule has 3 nitrogen and oxygen atoms in total. The zero-order valence-corrected chi connectivity index (χ0v) is 9.05. The topological polar surface area (TPSA) is 60.2 Å². The minimum atomic E-state index is -2.87. The molecule has 0 unspecified atom stereocenters.